The van der Waals surface area contributed by atoms with Crippen molar-refractivity contribution in [3.63, 3.8) is 0 Å². The zero-order valence-corrected chi connectivity index (χ0v) is 13.3. The third-order valence-corrected chi connectivity index (χ3v) is 5.47. The normalized spacial score (nSPS) is 12.3. The van der Waals surface area contributed by atoms with Gasteiger partial charge in [0.05, 0.1) is 4.90 Å². The van der Waals surface area contributed by atoms with Gasteiger partial charge in [-0.2, -0.15) is 0 Å². The van der Waals surface area contributed by atoms with E-state index in [9.17, 15) is 8.42 Å². The first kappa shape index (κ1) is 15.6. The number of halogens is 1. The Bertz CT molecular complexity index is 489. The standard InChI is InChI=1S/C12H19BrN2O2S/c1-14(2)9-6-10-15(3)18(16,17)12-8-5-4-7-11(12)13/h4-5,7-8H,6,9-10H2,1-3H3. The average molecular weight is 335 g/mol. The molecule has 0 radical (unpaired) electrons. The second-order valence-corrected chi connectivity index (χ2v) is 7.28. The molecular formula is C12H19BrN2O2S. The summed E-state index contributed by atoms with van der Waals surface area (Å²) in [5, 5.41) is 0. The van der Waals surface area contributed by atoms with Gasteiger partial charge in [0, 0.05) is 18.1 Å². The third kappa shape index (κ3) is 4.05. The van der Waals surface area contributed by atoms with E-state index in [2.05, 4.69) is 15.9 Å². The molecule has 1 aromatic rings. The monoisotopic (exact) mass is 334 g/mol. The molecular weight excluding hydrogens is 316 g/mol. The van der Waals surface area contributed by atoms with Gasteiger partial charge in [-0.3, -0.25) is 0 Å². The summed E-state index contributed by atoms with van der Waals surface area (Å²) >= 11 is 3.28. The molecule has 0 aliphatic carbocycles. The number of hydrogen-bond acceptors (Lipinski definition) is 3. The number of rotatable bonds is 6. The molecule has 0 aromatic heterocycles. The number of hydrogen-bond donors (Lipinski definition) is 0. The van der Waals surface area contributed by atoms with Crippen molar-refractivity contribution in [2.24, 2.45) is 0 Å². The molecule has 0 atom stereocenters. The van der Waals surface area contributed by atoms with Crippen LogP contribution in [0.25, 0.3) is 0 Å². The minimum atomic E-state index is -3.40. The smallest absolute Gasteiger partial charge is 0.243 e. The van der Waals surface area contributed by atoms with Crippen molar-refractivity contribution in [2.45, 2.75) is 11.3 Å². The molecule has 6 heteroatoms. The first-order valence-electron chi connectivity index (χ1n) is 5.71. The average Bonchev–Trinajstić information content (AvgIpc) is 2.28. The second kappa shape index (κ2) is 6.65. The topological polar surface area (TPSA) is 40.6 Å². The summed E-state index contributed by atoms with van der Waals surface area (Å²) in [6.07, 6.45) is 0.813. The van der Waals surface area contributed by atoms with Crippen LogP contribution in [-0.2, 0) is 10.0 Å². The van der Waals surface area contributed by atoms with Gasteiger partial charge >= 0.3 is 0 Å². The van der Waals surface area contributed by atoms with Crippen molar-refractivity contribution in [3.8, 4) is 0 Å². The zero-order valence-electron chi connectivity index (χ0n) is 10.9. The van der Waals surface area contributed by atoms with Crippen molar-refractivity contribution < 1.29 is 8.42 Å². The maximum Gasteiger partial charge on any atom is 0.243 e. The Kier molecular flexibility index (Phi) is 5.78. The van der Waals surface area contributed by atoms with Crippen LogP contribution in [0.1, 0.15) is 6.42 Å². The molecule has 0 spiro atoms. The number of nitrogens with zero attached hydrogens (tertiary/aromatic N) is 2. The summed E-state index contributed by atoms with van der Waals surface area (Å²) in [5.41, 5.74) is 0. The molecule has 0 saturated carbocycles. The second-order valence-electron chi connectivity index (χ2n) is 4.41. The van der Waals surface area contributed by atoms with Crippen molar-refractivity contribution in [1.82, 2.24) is 9.21 Å². The first-order chi connectivity index (χ1) is 8.35. The molecule has 1 aromatic carbocycles. The molecule has 18 heavy (non-hydrogen) atoms. The van der Waals surface area contributed by atoms with Crippen LogP contribution < -0.4 is 0 Å². The lowest BCUT2D eigenvalue weighted by Crippen LogP contribution is -2.30. The fourth-order valence-electron chi connectivity index (χ4n) is 1.55. The molecule has 0 amide bonds. The Morgan fingerprint density at radius 2 is 1.72 bits per heavy atom. The van der Waals surface area contributed by atoms with Gasteiger partial charge in [0.2, 0.25) is 10.0 Å². The first-order valence-corrected chi connectivity index (χ1v) is 7.94. The number of benzene rings is 1. The van der Waals surface area contributed by atoms with Crippen LogP contribution in [0, 0.1) is 0 Å². The highest BCUT2D eigenvalue weighted by atomic mass is 79.9. The van der Waals surface area contributed by atoms with Crippen LogP contribution in [0.15, 0.2) is 33.6 Å². The summed E-state index contributed by atoms with van der Waals surface area (Å²) in [6, 6.07) is 6.88. The van der Waals surface area contributed by atoms with Crippen LogP contribution in [0.4, 0.5) is 0 Å². The van der Waals surface area contributed by atoms with Crippen LogP contribution in [-0.4, -0.2) is 51.9 Å². The lowest BCUT2D eigenvalue weighted by Gasteiger charge is -2.19. The summed E-state index contributed by atoms with van der Waals surface area (Å²) in [6.45, 7) is 1.39. The van der Waals surface area contributed by atoms with Crippen LogP contribution in [0.2, 0.25) is 0 Å². The predicted octanol–water partition coefficient (Wildman–Crippen LogP) is 2.02. The molecule has 0 aliphatic heterocycles. The molecule has 0 aliphatic rings. The molecule has 102 valence electrons. The molecule has 0 saturated heterocycles. The van der Waals surface area contributed by atoms with E-state index >= 15 is 0 Å². The fraction of sp³-hybridized carbons (Fsp3) is 0.500. The van der Waals surface area contributed by atoms with E-state index in [1.807, 2.05) is 19.0 Å². The quantitative estimate of drug-likeness (QED) is 0.799. The van der Waals surface area contributed by atoms with Crippen LogP contribution in [0.3, 0.4) is 0 Å². The minimum absolute atomic E-state index is 0.317. The number of sulfonamides is 1. The lowest BCUT2D eigenvalue weighted by molar-refractivity contribution is 0.370. The predicted molar refractivity (Wildman–Crippen MR) is 77.1 cm³/mol. The van der Waals surface area contributed by atoms with Gasteiger partial charge in [0.15, 0.2) is 0 Å². The van der Waals surface area contributed by atoms with E-state index in [1.54, 1.807) is 31.3 Å². The van der Waals surface area contributed by atoms with Gasteiger partial charge < -0.3 is 4.90 Å². The minimum Gasteiger partial charge on any atom is -0.309 e. The van der Waals surface area contributed by atoms with Crippen molar-refractivity contribution in [2.75, 3.05) is 34.2 Å². The Labute approximate surface area is 118 Å². The van der Waals surface area contributed by atoms with Crippen LogP contribution >= 0.6 is 15.9 Å². The maximum atomic E-state index is 12.3. The summed E-state index contributed by atoms with van der Waals surface area (Å²) in [4.78, 5) is 2.36. The van der Waals surface area contributed by atoms with Gasteiger partial charge in [-0.15, -0.1) is 0 Å². The van der Waals surface area contributed by atoms with E-state index in [0.29, 0.717) is 15.9 Å². The summed E-state index contributed by atoms with van der Waals surface area (Å²) < 4.78 is 26.6. The van der Waals surface area contributed by atoms with Gasteiger partial charge in [-0.1, -0.05) is 12.1 Å². The largest absolute Gasteiger partial charge is 0.309 e. The lowest BCUT2D eigenvalue weighted by atomic mass is 10.4. The summed E-state index contributed by atoms with van der Waals surface area (Å²) in [5.74, 6) is 0. The molecule has 0 unspecified atom stereocenters. The molecule has 0 N–H and O–H groups in total. The molecule has 1 rings (SSSR count). The SMILES string of the molecule is CN(C)CCCN(C)S(=O)(=O)c1ccccc1Br. The zero-order chi connectivity index (χ0) is 13.8. The molecule has 0 bridgehead atoms. The highest BCUT2D eigenvalue weighted by Gasteiger charge is 2.22. The van der Waals surface area contributed by atoms with Gasteiger partial charge in [0.25, 0.3) is 0 Å². The molecule has 0 heterocycles. The van der Waals surface area contributed by atoms with E-state index in [1.165, 1.54) is 4.31 Å². The van der Waals surface area contributed by atoms with E-state index in [-0.39, 0.29) is 0 Å². The highest BCUT2D eigenvalue weighted by Crippen LogP contribution is 2.23. The van der Waals surface area contributed by atoms with Crippen molar-refractivity contribution >= 4 is 26.0 Å². The van der Waals surface area contributed by atoms with E-state index in [0.717, 1.165) is 13.0 Å². The fourth-order valence-corrected chi connectivity index (χ4v) is 3.72. The van der Waals surface area contributed by atoms with Gasteiger partial charge in [0.1, 0.15) is 0 Å². The maximum absolute atomic E-state index is 12.3. The summed E-state index contributed by atoms with van der Waals surface area (Å²) in [7, 11) is 2.16. The van der Waals surface area contributed by atoms with E-state index < -0.39 is 10.0 Å². The van der Waals surface area contributed by atoms with Gasteiger partial charge in [-0.25, -0.2) is 12.7 Å². The Morgan fingerprint density at radius 1 is 1.11 bits per heavy atom. The van der Waals surface area contributed by atoms with E-state index in [4.69, 9.17) is 0 Å². The molecule has 0 fully saturated rings. The van der Waals surface area contributed by atoms with Crippen molar-refractivity contribution in [1.29, 1.82) is 0 Å². The Morgan fingerprint density at radius 3 is 2.28 bits per heavy atom. The highest BCUT2D eigenvalue weighted by molar-refractivity contribution is 9.10. The Hall–Kier alpha value is -0.430. The van der Waals surface area contributed by atoms with Crippen LogP contribution in [0.5, 0.6) is 0 Å². The van der Waals surface area contributed by atoms with Crippen molar-refractivity contribution in [3.05, 3.63) is 28.7 Å². The Balaban J connectivity index is 2.78. The van der Waals surface area contributed by atoms with Gasteiger partial charge in [-0.05, 0) is 55.1 Å². The third-order valence-electron chi connectivity index (χ3n) is 2.60. The molecule has 4 nitrogen and oxygen atoms in total.